The third-order valence-corrected chi connectivity index (χ3v) is 5.87. The second-order valence-corrected chi connectivity index (χ2v) is 8.01. The normalized spacial score (nSPS) is 18.6. The predicted octanol–water partition coefficient (Wildman–Crippen LogP) is 2.19. The molecule has 1 atom stereocenters. The number of sulfone groups is 1. The quantitative estimate of drug-likeness (QED) is 0.797. The average molecular weight is 339 g/mol. The van der Waals surface area contributed by atoms with Crippen LogP contribution in [0.1, 0.15) is 31.7 Å². The number of ether oxygens (including phenoxy) is 1. The first kappa shape index (κ1) is 17.9. The van der Waals surface area contributed by atoms with Crippen LogP contribution in [0.15, 0.2) is 29.2 Å². The number of hydrogen-bond acceptors (Lipinski definition) is 4. The Morgan fingerprint density at radius 2 is 1.96 bits per heavy atom. The summed E-state index contributed by atoms with van der Waals surface area (Å²) in [6.45, 7) is 5.07. The van der Waals surface area contributed by atoms with Crippen LogP contribution in [0.25, 0.3) is 0 Å². The van der Waals surface area contributed by atoms with Gasteiger partial charge < -0.3 is 9.64 Å². The van der Waals surface area contributed by atoms with Crippen molar-refractivity contribution < 1.29 is 17.9 Å². The Bertz CT molecular complexity index is 618. The summed E-state index contributed by atoms with van der Waals surface area (Å²) in [5.74, 6) is -0.158. The average Bonchev–Trinajstić information content (AvgIpc) is 2.56. The third kappa shape index (κ3) is 4.78. The van der Waals surface area contributed by atoms with Gasteiger partial charge in [-0.25, -0.2) is 8.42 Å². The lowest BCUT2D eigenvalue weighted by Gasteiger charge is -2.28. The van der Waals surface area contributed by atoms with Gasteiger partial charge in [-0.1, -0.05) is 17.7 Å². The van der Waals surface area contributed by atoms with Gasteiger partial charge in [0, 0.05) is 19.7 Å². The summed E-state index contributed by atoms with van der Waals surface area (Å²) in [6, 6.07) is 6.80. The van der Waals surface area contributed by atoms with Crippen molar-refractivity contribution in [1.29, 1.82) is 0 Å². The predicted molar refractivity (Wildman–Crippen MR) is 89.1 cm³/mol. The van der Waals surface area contributed by atoms with Gasteiger partial charge in [0.2, 0.25) is 0 Å². The van der Waals surface area contributed by atoms with Gasteiger partial charge in [-0.3, -0.25) is 4.79 Å². The number of hydrogen-bond donors (Lipinski definition) is 0. The molecule has 0 aliphatic carbocycles. The molecule has 23 heavy (non-hydrogen) atoms. The Labute approximate surface area is 138 Å². The molecule has 0 saturated carbocycles. The summed E-state index contributed by atoms with van der Waals surface area (Å²) >= 11 is 0. The monoisotopic (exact) mass is 339 g/mol. The van der Waals surface area contributed by atoms with Gasteiger partial charge in [0.25, 0.3) is 5.91 Å². The lowest BCUT2D eigenvalue weighted by molar-refractivity contribution is -0.146. The molecule has 0 N–H and O–H groups in total. The van der Waals surface area contributed by atoms with Gasteiger partial charge in [0.1, 0.15) is 6.10 Å². The summed E-state index contributed by atoms with van der Waals surface area (Å²) in [4.78, 5) is 14.3. The molecule has 1 aliphatic heterocycles. The summed E-state index contributed by atoms with van der Waals surface area (Å²) in [5, 5.41) is 0. The SMILES string of the molecule is CCN(CCS(=O)(=O)c1ccc(C)cc1)C(=O)C1CCCCO1. The third-order valence-electron chi connectivity index (χ3n) is 4.16. The van der Waals surface area contributed by atoms with Crippen LogP contribution >= 0.6 is 0 Å². The van der Waals surface area contributed by atoms with Gasteiger partial charge in [-0.2, -0.15) is 0 Å². The van der Waals surface area contributed by atoms with Gasteiger partial charge >= 0.3 is 0 Å². The van der Waals surface area contributed by atoms with Gasteiger partial charge in [0.05, 0.1) is 10.6 Å². The maximum atomic E-state index is 12.4. The Balaban J connectivity index is 1.98. The van der Waals surface area contributed by atoms with Gasteiger partial charge in [0.15, 0.2) is 9.84 Å². The van der Waals surface area contributed by atoms with E-state index in [2.05, 4.69) is 0 Å². The van der Waals surface area contributed by atoms with Crippen molar-refractivity contribution in [3.05, 3.63) is 29.8 Å². The smallest absolute Gasteiger partial charge is 0.251 e. The lowest BCUT2D eigenvalue weighted by atomic mass is 10.1. The maximum absolute atomic E-state index is 12.4. The molecule has 1 aromatic carbocycles. The van der Waals surface area contributed by atoms with Crippen molar-refractivity contribution in [2.24, 2.45) is 0 Å². The number of carbonyl (C=O) groups is 1. The van der Waals surface area contributed by atoms with E-state index >= 15 is 0 Å². The second-order valence-electron chi connectivity index (χ2n) is 5.91. The van der Waals surface area contributed by atoms with Crippen molar-refractivity contribution in [3.8, 4) is 0 Å². The summed E-state index contributed by atoms with van der Waals surface area (Å²) in [5.41, 5.74) is 1.02. The Morgan fingerprint density at radius 3 is 2.52 bits per heavy atom. The van der Waals surface area contributed by atoms with Crippen LogP contribution in [0.5, 0.6) is 0 Å². The highest BCUT2D eigenvalue weighted by molar-refractivity contribution is 7.91. The van der Waals surface area contributed by atoms with E-state index < -0.39 is 15.9 Å². The number of carbonyl (C=O) groups excluding carboxylic acids is 1. The molecule has 1 aliphatic rings. The highest BCUT2D eigenvalue weighted by atomic mass is 32.2. The fourth-order valence-corrected chi connectivity index (χ4v) is 3.90. The molecular weight excluding hydrogens is 314 g/mol. The fraction of sp³-hybridized carbons (Fsp3) is 0.588. The number of benzene rings is 1. The Hall–Kier alpha value is -1.40. The van der Waals surface area contributed by atoms with E-state index in [9.17, 15) is 13.2 Å². The van der Waals surface area contributed by atoms with Gasteiger partial charge in [-0.05, 0) is 45.2 Å². The van der Waals surface area contributed by atoms with E-state index in [4.69, 9.17) is 4.74 Å². The molecule has 1 unspecified atom stereocenters. The van der Waals surface area contributed by atoms with E-state index in [0.717, 1.165) is 24.8 Å². The molecule has 128 valence electrons. The molecule has 1 amide bonds. The first-order chi connectivity index (χ1) is 10.9. The highest BCUT2D eigenvalue weighted by Crippen LogP contribution is 2.16. The van der Waals surface area contributed by atoms with Crippen LogP contribution < -0.4 is 0 Å². The van der Waals surface area contributed by atoms with Crippen LogP contribution in [-0.4, -0.2) is 50.8 Å². The van der Waals surface area contributed by atoms with E-state index in [0.29, 0.717) is 18.0 Å². The summed E-state index contributed by atoms with van der Waals surface area (Å²) in [6.07, 6.45) is 2.28. The number of nitrogens with zero attached hydrogens (tertiary/aromatic N) is 1. The van der Waals surface area contributed by atoms with Crippen molar-refractivity contribution in [2.45, 2.75) is 44.1 Å². The number of likely N-dealkylation sites (N-methyl/N-ethyl adjacent to an activating group) is 1. The van der Waals surface area contributed by atoms with E-state index in [-0.39, 0.29) is 18.2 Å². The molecule has 1 heterocycles. The highest BCUT2D eigenvalue weighted by Gasteiger charge is 2.27. The standard InChI is InChI=1S/C17H25NO4S/c1-3-18(17(19)16-6-4-5-12-22-16)11-13-23(20,21)15-9-7-14(2)8-10-15/h7-10,16H,3-6,11-13H2,1-2H3. The molecule has 1 aromatic rings. The number of aryl methyl sites for hydroxylation is 1. The first-order valence-corrected chi connectivity index (χ1v) is 9.79. The van der Waals surface area contributed by atoms with Crippen LogP contribution in [0.2, 0.25) is 0 Å². The van der Waals surface area contributed by atoms with E-state index in [1.165, 1.54) is 0 Å². The topological polar surface area (TPSA) is 63.7 Å². The first-order valence-electron chi connectivity index (χ1n) is 8.14. The molecule has 0 spiro atoms. The van der Waals surface area contributed by atoms with Crippen molar-refractivity contribution >= 4 is 15.7 Å². The summed E-state index contributed by atoms with van der Waals surface area (Å²) in [7, 11) is -3.38. The van der Waals surface area contributed by atoms with Crippen LogP contribution in [0.4, 0.5) is 0 Å². The molecule has 0 radical (unpaired) electrons. The maximum Gasteiger partial charge on any atom is 0.251 e. The molecule has 2 rings (SSSR count). The van der Waals surface area contributed by atoms with Crippen molar-refractivity contribution in [1.82, 2.24) is 4.90 Å². The molecule has 0 bridgehead atoms. The van der Waals surface area contributed by atoms with Crippen molar-refractivity contribution in [2.75, 3.05) is 25.4 Å². The minimum atomic E-state index is -3.38. The molecule has 6 heteroatoms. The zero-order valence-electron chi connectivity index (χ0n) is 13.8. The Morgan fingerprint density at radius 1 is 1.26 bits per heavy atom. The minimum absolute atomic E-state index is 0.0671. The molecular formula is C17H25NO4S. The largest absolute Gasteiger partial charge is 0.368 e. The van der Waals surface area contributed by atoms with Crippen LogP contribution in [0, 0.1) is 6.92 Å². The van der Waals surface area contributed by atoms with E-state index in [1.54, 1.807) is 29.2 Å². The Kier molecular flexibility index (Phi) is 6.18. The molecule has 1 fully saturated rings. The molecule has 0 aromatic heterocycles. The minimum Gasteiger partial charge on any atom is -0.368 e. The van der Waals surface area contributed by atoms with Gasteiger partial charge in [-0.15, -0.1) is 0 Å². The summed E-state index contributed by atoms with van der Waals surface area (Å²) < 4.78 is 30.3. The van der Waals surface area contributed by atoms with E-state index in [1.807, 2.05) is 13.8 Å². The van der Waals surface area contributed by atoms with Crippen LogP contribution in [-0.2, 0) is 19.4 Å². The second kappa shape index (κ2) is 7.93. The van der Waals surface area contributed by atoms with Crippen molar-refractivity contribution in [3.63, 3.8) is 0 Å². The molecule has 1 saturated heterocycles. The number of amides is 1. The zero-order chi connectivity index (χ0) is 16.9. The number of rotatable bonds is 6. The van der Waals surface area contributed by atoms with Crippen LogP contribution in [0.3, 0.4) is 0 Å². The lowest BCUT2D eigenvalue weighted by Crippen LogP contribution is -2.43. The fourth-order valence-electron chi connectivity index (χ4n) is 2.66. The molecule has 5 nitrogen and oxygen atoms in total. The zero-order valence-corrected chi connectivity index (χ0v) is 14.6.